The normalized spacial score (nSPS) is 33.1. The van der Waals surface area contributed by atoms with E-state index in [0.717, 1.165) is 30.6 Å². The Morgan fingerprint density at radius 3 is 3.00 bits per heavy atom. The fourth-order valence-electron chi connectivity index (χ4n) is 6.11. The van der Waals surface area contributed by atoms with Gasteiger partial charge in [0.15, 0.2) is 5.78 Å². The molecule has 0 saturated heterocycles. The largest absolute Gasteiger partial charge is 0.489 e. The molecule has 0 spiro atoms. The van der Waals surface area contributed by atoms with Gasteiger partial charge in [-0.15, -0.1) is 0 Å². The highest BCUT2D eigenvalue weighted by Gasteiger charge is 2.53. The Kier molecular flexibility index (Phi) is 3.65. The maximum absolute atomic E-state index is 12.3. The molecule has 6 rings (SSSR count). The molecular formula is C26H25NO2. The van der Waals surface area contributed by atoms with Crippen molar-refractivity contribution in [1.29, 1.82) is 0 Å². The van der Waals surface area contributed by atoms with Crippen molar-refractivity contribution in [1.82, 2.24) is 4.98 Å². The zero-order chi connectivity index (χ0) is 19.6. The van der Waals surface area contributed by atoms with Crippen LogP contribution in [0.2, 0.25) is 0 Å². The van der Waals surface area contributed by atoms with E-state index < -0.39 is 0 Å². The quantitative estimate of drug-likeness (QED) is 0.640. The Labute approximate surface area is 171 Å². The predicted molar refractivity (Wildman–Crippen MR) is 113 cm³/mol. The number of pyridine rings is 1. The molecule has 29 heavy (non-hydrogen) atoms. The maximum Gasteiger partial charge on any atom is 0.166 e. The first-order valence-electron chi connectivity index (χ1n) is 10.8. The molecule has 1 aromatic carbocycles. The number of carbonyl (C=O) groups excluding carboxylic acids is 1. The number of allylic oxidation sites excluding steroid dienone is 4. The Bertz CT molecular complexity index is 1120. The van der Waals surface area contributed by atoms with Crippen molar-refractivity contribution < 1.29 is 9.53 Å². The molecule has 0 amide bonds. The van der Waals surface area contributed by atoms with Crippen molar-refractivity contribution in [2.45, 2.75) is 51.0 Å². The van der Waals surface area contributed by atoms with Crippen LogP contribution >= 0.6 is 0 Å². The minimum Gasteiger partial charge on any atom is -0.489 e. The van der Waals surface area contributed by atoms with E-state index in [2.05, 4.69) is 54.4 Å². The van der Waals surface area contributed by atoms with Crippen molar-refractivity contribution in [3.8, 4) is 0 Å². The zero-order valence-electron chi connectivity index (χ0n) is 16.7. The highest BCUT2D eigenvalue weighted by molar-refractivity contribution is 5.99. The first-order valence-corrected chi connectivity index (χ1v) is 10.8. The lowest BCUT2D eigenvalue weighted by Gasteiger charge is -2.44. The van der Waals surface area contributed by atoms with Crippen molar-refractivity contribution in [2.75, 3.05) is 0 Å². The SMILES string of the molecule is C[C@]12C=CC3=CC4=C(CCCC4=O)O[C@H]3[C@@H]1CC[C@@H]2c1ccc2cnccc2c1. The summed E-state index contributed by atoms with van der Waals surface area (Å²) < 4.78 is 6.53. The number of Topliss-reactive ketones (excluding diaryl/α,β-unsaturated/α-hetero) is 1. The fourth-order valence-corrected chi connectivity index (χ4v) is 6.11. The molecule has 4 atom stereocenters. The van der Waals surface area contributed by atoms with Gasteiger partial charge in [0, 0.05) is 36.5 Å². The van der Waals surface area contributed by atoms with Gasteiger partial charge in [-0.25, -0.2) is 0 Å². The summed E-state index contributed by atoms with van der Waals surface area (Å²) in [6.45, 7) is 2.40. The second kappa shape index (κ2) is 6.16. The molecule has 0 unspecified atom stereocenters. The number of aromatic nitrogens is 1. The van der Waals surface area contributed by atoms with Gasteiger partial charge >= 0.3 is 0 Å². The highest BCUT2D eigenvalue weighted by atomic mass is 16.5. The molecular weight excluding hydrogens is 358 g/mol. The van der Waals surface area contributed by atoms with Gasteiger partial charge in [0.2, 0.25) is 0 Å². The lowest BCUT2D eigenvalue weighted by Crippen LogP contribution is -2.40. The van der Waals surface area contributed by atoms with Crippen LogP contribution in [-0.4, -0.2) is 16.9 Å². The molecule has 2 heterocycles. The molecule has 3 aliphatic carbocycles. The number of carbonyl (C=O) groups is 1. The number of ketones is 1. The van der Waals surface area contributed by atoms with Crippen LogP contribution in [0, 0.1) is 11.3 Å². The molecule has 3 nitrogen and oxygen atoms in total. The lowest BCUT2D eigenvalue weighted by atomic mass is 9.64. The van der Waals surface area contributed by atoms with Crippen LogP contribution in [0.1, 0.15) is 50.5 Å². The molecule has 146 valence electrons. The Morgan fingerprint density at radius 1 is 1.14 bits per heavy atom. The number of hydrogen-bond acceptors (Lipinski definition) is 3. The van der Waals surface area contributed by atoms with E-state index in [0.29, 0.717) is 18.3 Å². The minimum atomic E-state index is 0.0689. The minimum absolute atomic E-state index is 0.0689. The van der Waals surface area contributed by atoms with Gasteiger partial charge in [0.1, 0.15) is 11.9 Å². The number of fused-ring (bicyclic) bond motifs is 4. The Morgan fingerprint density at radius 2 is 2.07 bits per heavy atom. The van der Waals surface area contributed by atoms with Crippen molar-refractivity contribution in [3.05, 3.63) is 77.4 Å². The summed E-state index contributed by atoms with van der Waals surface area (Å²) in [6, 6.07) is 8.93. The standard InChI is InChI=1S/C26H25NO2/c1-26-11-9-18-14-20-23(28)3-2-4-24(20)29-25(18)22(26)8-7-21(26)17-5-6-19-15-27-12-10-16(19)13-17/h5-6,9-15,21-22,25H,2-4,7-8H2,1H3/t21-,22+,25-,26-/m1/s1. The number of benzene rings is 1. The van der Waals surface area contributed by atoms with Gasteiger partial charge in [0.25, 0.3) is 0 Å². The number of nitrogens with zero attached hydrogens (tertiary/aromatic N) is 1. The number of hydrogen-bond donors (Lipinski definition) is 0. The van der Waals surface area contributed by atoms with Crippen LogP contribution in [0.15, 0.2) is 71.8 Å². The van der Waals surface area contributed by atoms with Crippen LogP contribution in [0.5, 0.6) is 0 Å². The number of rotatable bonds is 1. The Hall–Kier alpha value is -2.68. The van der Waals surface area contributed by atoms with E-state index in [9.17, 15) is 4.79 Å². The van der Waals surface area contributed by atoms with E-state index in [4.69, 9.17) is 4.74 Å². The average molecular weight is 383 g/mol. The van der Waals surface area contributed by atoms with Gasteiger partial charge in [-0.05, 0) is 59.3 Å². The van der Waals surface area contributed by atoms with Gasteiger partial charge in [0.05, 0.1) is 5.57 Å². The molecule has 1 aliphatic heterocycles. The summed E-state index contributed by atoms with van der Waals surface area (Å²) in [6.07, 6.45) is 15.4. The van der Waals surface area contributed by atoms with Crippen molar-refractivity contribution >= 4 is 16.6 Å². The topological polar surface area (TPSA) is 39.2 Å². The van der Waals surface area contributed by atoms with Crippen LogP contribution in [0.25, 0.3) is 10.8 Å². The fraction of sp³-hybridized carbons (Fsp3) is 0.385. The molecule has 0 bridgehead atoms. The Balaban J connectivity index is 1.38. The summed E-state index contributed by atoms with van der Waals surface area (Å²) in [5.74, 6) is 2.11. The monoisotopic (exact) mass is 383 g/mol. The van der Waals surface area contributed by atoms with E-state index in [1.54, 1.807) is 0 Å². The molecule has 0 radical (unpaired) electrons. The van der Waals surface area contributed by atoms with Gasteiger partial charge in [-0.3, -0.25) is 9.78 Å². The van der Waals surface area contributed by atoms with Crippen molar-refractivity contribution in [2.24, 2.45) is 11.3 Å². The molecule has 1 aromatic heterocycles. The summed E-state index contributed by atoms with van der Waals surface area (Å²) >= 11 is 0. The van der Waals surface area contributed by atoms with Crippen LogP contribution in [0.3, 0.4) is 0 Å². The summed E-state index contributed by atoms with van der Waals surface area (Å²) in [5.41, 5.74) is 3.49. The van der Waals surface area contributed by atoms with E-state index in [1.165, 1.54) is 28.3 Å². The first-order chi connectivity index (χ1) is 14.1. The van der Waals surface area contributed by atoms with E-state index in [-0.39, 0.29) is 17.3 Å². The summed E-state index contributed by atoms with van der Waals surface area (Å²) in [4.78, 5) is 16.6. The summed E-state index contributed by atoms with van der Waals surface area (Å²) in [7, 11) is 0. The predicted octanol–water partition coefficient (Wildman–Crippen LogP) is 5.64. The molecule has 0 N–H and O–H groups in total. The molecule has 3 heteroatoms. The first kappa shape index (κ1) is 17.2. The summed E-state index contributed by atoms with van der Waals surface area (Å²) in [5, 5.41) is 2.45. The van der Waals surface area contributed by atoms with E-state index >= 15 is 0 Å². The second-order valence-electron chi connectivity index (χ2n) is 9.21. The third-order valence-corrected chi connectivity index (χ3v) is 7.70. The molecule has 2 aromatic rings. The third kappa shape index (κ3) is 2.49. The second-order valence-corrected chi connectivity index (χ2v) is 9.21. The van der Waals surface area contributed by atoms with Gasteiger partial charge < -0.3 is 4.74 Å². The highest BCUT2D eigenvalue weighted by Crippen LogP contribution is 2.59. The lowest BCUT2D eigenvalue weighted by molar-refractivity contribution is -0.116. The van der Waals surface area contributed by atoms with Crippen LogP contribution in [0.4, 0.5) is 0 Å². The van der Waals surface area contributed by atoms with Gasteiger partial charge in [-0.2, -0.15) is 0 Å². The van der Waals surface area contributed by atoms with Crippen molar-refractivity contribution in [3.63, 3.8) is 0 Å². The number of ether oxygens (including phenoxy) is 1. The molecule has 1 saturated carbocycles. The van der Waals surface area contributed by atoms with Gasteiger partial charge in [-0.1, -0.05) is 37.3 Å². The zero-order valence-corrected chi connectivity index (χ0v) is 16.7. The third-order valence-electron chi connectivity index (χ3n) is 7.70. The average Bonchev–Trinajstić information content (AvgIpc) is 3.10. The van der Waals surface area contributed by atoms with E-state index in [1.807, 2.05) is 12.4 Å². The molecule has 4 aliphatic rings. The maximum atomic E-state index is 12.3. The smallest absolute Gasteiger partial charge is 0.166 e. The van der Waals surface area contributed by atoms with Crippen LogP contribution < -0.4 is 0 Å². The van der Waals surface area contributed by atoms with Crippen LogP contribution in [-0.2, 0) is 9.53 Å². The molecule has 1 fully saturated rings.